The molecule has 0 aliphatic carbocycles. The summed E-state index contributed by atoms with van der Waals surface area (Å²) in [5, 5.41) is 9.15. The van der Waals surface area contributed by atoms with Crippen molar-refractivity contribution in [2.75, 3.05) is 0 Å². The summed E-state index contributed by atoms with van der Waals surface area (Å²) in [4.78, 5) is 11.1. The van der Waals surface area contributed by atoms with E-state index in [1.807, 2.05) is 39.8 Å². The van der Waals surface area contributed by atoms with Gasteiger partial charge in [-0.15, -0.1) is 0 Å². The van der Waals surface area contributed by atoms with E-state index in [0.29, 0.717) is 5.56 Å². The maximum Gasteiger partial charge on any atom is 0.335 e. The molecule has 0 fully saturated rings. The van der Waals surface area contributed by atoms with Crippen LogP contribution in [0.15, 0.2) is 18.2 Å². The first-order chi connectivity index (χ1) is 8.27. The molecule has 0 aliphatic heterocycles. The summed E-state index contributed by atoms with van der Waals surface area (Å²) in [5.74, 6) is -0.838. The second-order valence-corrected chi connectivity index (χ2v) is 5.50. The van der Waals surface area contributed by atoms with Crippen molar-refractivity contribution in [3.8, 4) is 0 Å². The van der Waals surface area contributed by atoms with Crippen molar-refractivity contribution >= 4 is 5.97 Å². The summed E-state index contributed by atoms with van der Waals surface area (Å²) < 4.78 is 0. The Morgan fingerprint density at radius 1 is 1.17 bits per heavy atom. The third-order valence-corrected chi connectivity index (χ3v) is 2.53. The van der Waals surface area contributed by atoms with E-state index in [-0.39, 0.29) is 5.41 Å². The largest absolute Gasteiger partial charge is 0.478 e. The molecule has 1 N–H and O–H groups in total. The Morgan fingerprint density at radius 2 is 1.67 bits per heavy atom. The average Bonchev–Trinajstić information content (AvgIpc) is 2.28. The minimum absolute atomic E-state index is 0.125. The van der Waals surface area contributed by atoms with Gasteiger partial charge in [0.1, 0.15) is 0 Å². The molecule has 102 valence electrons. The summed E-state index contributed by atoms with van der Waals surface area (Å²) in [6.07, 6.45) is 2.12. The van der Waals surface area contributed by atoms with Gasteiger partial charge in [-0.1, -0.05) is 60.1 Å². The van der Waals surface area contributed by atoms with Crippen molar-refractivity contribution in [1.82, 2.24) is 0 Å². The van der Waals surface area contributed by atoms with Crippen molar-refractivity contribution in [2.24, 2.45) is 0 Å². The molecule has 0 saturated carbocycles. The van der Waals surface area contributed by atoms with Gasteiger partial charge >= 0.3 is 5.97 Å². The van der Waals surface area contributed by atoms with Crippen LogP contribution in [0.3, 0.4) is 0 Å². The van der Waals surface area contributed by atoms with Gasteiger partial charge in [-0.3, -0.25) is 0 Å². The lowest BCUT2D eigenvalue weighted by atomic mass is 9.83. The third-order valence-electron chi connectivity index (χ3n) is 2.53. The fraction of sp³-hybridized carbons (Fsp3) is 0.562. The molecular formula is C16H26O2. The summed E-state index contributed by atoms with van der Waals surface area (Å²) in [6, 6.07) is 5.72. The summed E-state index contributed by atoms with van der Waals surface area (Å²) in [7, 11) is 0. The summed E-state index contributed by atoms with van der Waals surface area (Å²) >= 11 is 0. The molecule has 0 aliphatic rings. The summed E-state index contributed by atoms with van der Waals surface area (Å²) in [6.45, 7) is 12.4. The van der Waals surface area contributed by atoms with Crippen LogP contribution in [0.1, 0.15) is 69.4 Å². The molecular weight excluding hydrogens is 224 g/mol. The van der Waals surface area contributed by atoms with Gasteiger partial charge in [-0.25, -0.2) is 4.79 Å². The van der Waals surface area contributed by atoms with Gasteiger partial charge in [0.15, 0.2) is 0 Å². The number of carbonyl (C=O) groups is 1. The van der Waals surface area contributed by atoms with E-state index in [4.69, 9.17) is 5.11 Å². The lowest BCUT2D eigenvalue weighted by molar-refractivity contribution is 0.0694. The lowest BCUT2D eigenvalue weighted by Gasteiger charge is -2.21. The van der Waals surface area contributed by atoms with Crippen molar-refractivity contribution in [3.63, 3.8) is 0 Å². The molecule has 0 aromatic heterocycles. The van der Waals surface area contributed by atoms with Crippen LogP contribution < -0.4 is 0 Å². The highest BCUT2D eigenvalue weighted by atomic mass is 16.4. The highest BCUT2D eigenvalue weighted by molar-refractivity contribution is 5.90. The summed E-state index contributed by atoms with van der Waals surface area (Å²) in [5.41, 5.74) is 2.27. The molecule has 0 heterocycles. The standard InChI is InChI=1S/C13H18O2.C3H8/c1-5-9-6-7-11(13(2,3)4)10(8-9)12(14)15;1-3-2/h6-8H,5H2,1-4H3,(H,14,15);3H2,1-2H3. The van der Waals surface area contributed by atoms with Crippen LogP contribution in [-0.2, 0) is 11.8 Å². The first kappa shape index (κ1) is 16.7. The maximum absolute atomic E-state index is 11.1. The number of benzene rings is 1. The van der Waals surface area contributed by atoms with E-state index in [0.717, 1.165) is 17.5 Å². The van der Waals surface area contributed by atoms with Crippen molar-refractivity contribution in [2.45, 2.75) is 59.8 Å². The van der Waals surface area contributed by atoms with E-state index in [1.165, 1.54) is 6.42 Å². The van der Waals surface area contributed by atoms with Gasteiger partial charge < -0.3 is 5.11 Å². The van der Waals surface area contributed by atoms with Crippen LogP contribution in [0.4, 0.5) is 0 Å². The van der Waals surface area contributed by atoms with E-state index < -0.39 is 5.97 Å². The van der Waals surface area contributed by atoms with Crippen LogP contribution in [0, 0.1) is 0 Å². The highest BCUT2D eigenvalue weighted by Gasteiger charge is 2.21. The third kappa shape index (κ3) is 4.91. The quantitative estimate of drug-likeness (QED) is 0.828. The van der Waals surface area contributed by atoms with Crippen LogP contribution in [0.25, 0.3) is 0 Å². The Balaban J connectivity index is 0.000000873. The van der Waals surface area contributed by atoms with Gasteiger partial charge in [0.2, 0.25) is 0 Å². The van der Waals surface area contributed by atoms with E-state index >= 15 is 0 Å². The lowest BCUT2D eigenvalue weighted by Crippen LogP contribution is -2.17. The van der Waals surface area contributed by atoms with E-state index in [9.17, 15) is 4.79 Å². The van der Waals surface area contributed by atoms with E-state index in [1.54, 1.807) is 6.07 Å². The normalized spacial score (nSPS) is 10.6. The maximum atomic E-state index is 11.1. The highest BCUT2D eigenvalue weighted by Crippen LogP contribution is 2.26. The minimum Gasteiger partial charge on any atom is -0.478 e. The van der Waals surface area contributed by atoms with Gasteiger partial charge in [0, 0.05) is 0 Å². The van der Waals surface area contributed by atoms with Crippen molar-refractivity contribution in [3.05, 3.63) is 34.9 Å². The molecule has 0 unspecified atom stereocenters. The minimum atomic E-state index is -0.838. The van der Waals surface area contributed by atoms with Crippen molar-refractivity contribution < 1.29 is 9.90 Å². The molecule has 0 bridgehead atoms. The number of aromatic carboxylic acids is 1. The molecule has 1 rings (SSSR count). The Morgan fingerprint density at radius 3 is 2.00 bits per heavy atom. The molecule has 2 heteroatoms. The molecule has 0 spiro atoms. The smallest absolute Gasteiger partial charge is 0.335 e. The van der Waals surface area contributed by atoms with Crippen LogP contribution >= 0.6 is 0 Å². The van der Waals surface area contributed by atoms with Gasteiger partial charge in [-0.2, -0.15) is 0 Å². The monoisotopic (exact) mass is 250 g/mol. The Bertz CT molecular complexity index is 387. The number of carboxylic acids is 1. The first-order valence-electron chi connectivity index (χ1n) is 6.64. The van der Waals surface area contributed by atoms with Gasteiger partial charge in [-0.05, 0) is 29.0 Å². The van der Waals surface area contributed by atoms with Gasteiger partial charge in [0.25, 0.3) is 0 Å². The number of aryl methyl sites for hydroxylation is 1. The molecule has 0 saturated heterocycles. The zero-order valence-electron chi connectivity index (χ0n) is 12.5. The van der Waals surface area contributed by atoms with Gasteiger partial charge in [0.05, 0.1) is 5.56 Å². The SMILES string of the molecule is CCC.CCc1ccc(C(C)(C)C)c(C(=O)O)c1. The number of hydrogen-bond acceptors (Lipinski definition) is 1. The first-order valence-corrected chi connectivity index (χ1v) is 6.64. The molecule has 0 radical (unpaired) electrons. The Hall–Kier alpha value is -1.31. The Labute approximate surface area is 111 Å². The fourth-order valence-electron chi connectivity index (χ4n) is 1.64. The molecule has 1 aromatic rings. The second kappa shape index (κ2) is 7.20. The zero-order chi connectivity index (χ0) is 14.3. The second-order valence-electron chi connectivity index (χ2n) is 5.50. The predicted octanol–water partition coefficient (Wildman–Crippen LogP) is 4.66. The van der Waals surface area contributed by atoms with Crippen LogP contribution in [-0.4, -0.2) is 11.1 Å². The molecule has 0 atom stereocenters. The number of rotatable bonds is 2. The molecule has 1 aromatic carbocycles. The Kier molecular flexibility index (Phi) is 6.67. The van der Waals surface area contributed by atoms with Crippen molar-refractivity contribution in [1.29, 1.82) is 0 Å². The van der Waals surface area contributed by atoms with E-state index in [2.05, 4.69) is 13.8 Å². The average molecular weight is 250 g/mol. The topological polar surface area (TPSA) is 37.3 Å². The zero-order valence-corrected chi connectivity index (χ0v) is 12.5. The number of carboxylic acid groups (broad SMARTS) is 1. The molecule has 18 heavy (non-hydrogen) atoms. The number of hydrogen-bond donors (Lipinski definition) is 1. The molecule has 2 nitrogen and oxygen atoms in total. The fourth-order valence-corrected chi connectivity index (χ4v) is 1.64. The predicted molar refractivity (Wildman–Crippen MR) is 77.4 cm³/mol. The van der Waals surface area contributed by atoms with Crippen LogP contribution in [0.5, 0.6) is 0 Å². The molecule has 0 amide bonds. The van der Waals surface area contributed by atoms with Crippen LogP contribution in [0.2, 0.25) is 0 Å².